The van der Waals surface area contributed by atoms with Crippen LogP contribution in [0.2, 0.25) is 0 Å². The average Bonchev–Trinajstić information content (AvgIpc) is 2.45. The Morgan fingerprint density at radius 2 is 2.37 bits per heavy atom. The maximum absolute atomic E-state index is 12.0. The smallest absolute Gasteiger partial charge is 0.222 e. The van der Waals surface area contributed by atoms with Crippen LogP contribution >= 0.6 is 0 Å². The number of benzene rings is 1. The van der Waals surface area contributed by atoms with Gasteiger partial charge in [0.25, 0.3) is 0 Å². The minimum atomic E-state index is -0.0832. The molecule has 3 rings (SSSR count). The summed E-state index contributed by atoms with van der Waals surface area (Å²) in [7, 11) is 0. The van der Waals surface area contributed by atoms with E-state index in [0.29, 0.717) is 19.6 Å². The van der Waals surface area contributed by atoms with Gasteiger partial charge in [-0.15, -0.1) is 0 Å². The Kier molecular flexibility index (Phi) is 3.19. The number of amides is 1. The summed E-state index contributed by atoms with van der Waals surface area (Å²) < 4.78 is 5.88. The molecule has 102 valence electrons. The number of aryl methyl sites for hydroxylation is 1. The van der Waals surface area contributed by atoms with Crippen LogP contribution in [-0.4, -0.2) is 35.1 Å². The number of nitrogens with zero attached hydrogens (tertiary/aromatic N) is 1. The van der Waals surface area contributed by atoms with Crippen LogP contribution in [0.25, 0.3) is 0 Å². The van der Waals surface area contributed by atoms with Crippen LogP contribution in [-0.2, 0) is 16.0 Å². The highest BCUT2D eigenvalue weighted by molar-refractivity contribution is 5.76. The third-order valence-electron chi connectivity index (χ3n) is 4.15. The molecule has 1 aromatic carbocycles. The van der Waals surface area contributed by atoms with Crippen molar-refractivity contribution in [2.45, 2.75) is 38.3 Å². The standard InChI is InChI=1S/C15H19NO3/c1-2-14(18)16-7-8-19-15-12-9-11(17)5-3-10(12)4-6-13(15)16/h3,5,9,13,15,17H,2,4,6-8H2,1H3/t13-,15-/m1/s1/i14-1. The number of rotatable bonds is 1. The maximum Gasteiger partial charge on any atom is 0.222 e. The monoisotopic (exact) mass is 260 g/mol. The van der Waals surface area contributed by atoms with Crippen LogP contribution < -0.4 is 0 Å². The van der Waals surface area contributed by atoms with Gasteiger partial charge in [0.2, 0.25) is 5.91 Å². The van der Waals surface area contributed by atoms with Crippen LogP contribution in [0, 0.1) is 0 Å². The maximum atomic E-state index is 12.0. The zero-order valence-corrected chi connectivity index (χ0v) is 11.1. The predicted octanol–water partition coefficient (Wildman–Crippen LogP) is 2.02. The Morgan fingerprint density at radius 1 is 1.53 bits per heavy atom. The average molecular weight is 260 g/mol. The van der Waals surface area contributed by atoms with E-state index < -0.39 is 0 Å². The molecular weight excluding hydrogens is 241 g/mol. The number of ether oxygens (including phenoxy) is 1. The van der Waals surface area contributed by atoms with E-state index in [-0.39, 0.29) is 23.8 Å². The van der Waals surface area contributed by atoms with E-state index in [1.165, 1.54) is 5.56 Å². The summed E-state index contributed by atoms with van der Waals surface area (Å²) in [6.07, 6.45) is 2.33. The van der Waals surface area contributed by atoms with Gasteiger partial charge in [0.05, 0.1) is 12.6 Å². The number of morpholine rings is 1. The molecule has 4 heteroatoms. The molecule has 2 atom stereocenters. The van der Waals surface area contributed by atoms with E-state index in [1.807, 2.05) is 17.9 Å². The lowest BCUT2D eigenvalue weighted by atomic mass is 9.80. The van der Waals surface area contributed by atoms with E-state index in [0.717, 1.165) is 18.4 Å². The van der Waals surface area contributed by atoms with Crippen molar-refractivity contribution in [1.82, 2.24) is 4.90 Å². The van der Waals surface area contributed by atoms with Crippen LogP contribution in [0.4, 0.5) is 0 Å². The molecule has 1 fully saturated rings. The fourth-order valence-corrected chi connectivity index (χ4v) is 3.21. The second-order valence-electron chi connectivity index (χ2n) is 5.22. The lowest BCUT2D eigenvalue weighted by Gasteiger charge is -2.44. The van der Waals surface area contributed by atoms with Crippen molar-refractivity contribution in [1.29, 1.82) is 0 Å². The van der Waals surface area contributed by atoms with Gasteiger partial charge in [-0.1, -0.05) is 13.0 Å². The lowest BCUT2D eigenvalue weighted by molar-refractivity contribution is -0.147. The Labute approximate surface area is 113 Å². The first-order valence-corrected chi connectivity index (χ1v) is 6.93. The molecule has 0 unspecified atom stereocenters. The van der Waals surface area contributed by atoms with Crippen molar-refractivity contribution in [3.63, 3.8) is 0 Å². The summed E-state index contributed by atoms with van der Waals surface area (Å²) in [5, 5.41) is 9.66. The number of hydrogen-bond donors (Lipinski definition) is 1. The van der Waals surface area contributed by atoms with Gasteiger partial charge in [0, 0.05) is 13.0 Å². The second kappa shape index (κ2) is 4.85. The van der Waals surface area contributed by atoms with E-state index >= 15 is 0 Å². The fourth-order valence-electron chi connectivity index (χ4n) is 3.21. The van der Waals surface area contributed by atoms with Crippen molar-refractivity contribution in [2.75, 3.05) is 13.2 Å². The van der Waals surface area contributed by atoms with E-state index in [4.69, 9.17) is 4.74 Å². The van der Waals surface area contributed by atoms with Gasteiger partial charge in [-0.3, -0.25) is 4.79 Å². The minimum absolute atomic E-state index is 0.0832. The van der Waals surface area contributed by atoms with Gasteiger partial charge in [0.15, 0.2) is 0 Å². The van der Waals surface area contributed by atoms with Crippen molar-refractivity contribution < 1.29 is 14.6 Å². The topological polar surface area (TPSA) is 49.8 Å². The molecule has 4 nitrogen and oxygen atoms in total. The molecule has 1 aromatic rings. The zero-order valence-electron chi connectivity index (χ0n) is 11.1. The van der Waals surface area contributed by atoms with Crippen molar-refractivity contribution >= 4 is 5.91 Å². The lowest BCUT2D eigenvalue weighted by Crippen LogP contribution is -2.51. The molecule has 1 saturated heterocycles. The third kappa shape index (κ3) is 2.10. The highest BCUT2D eigenvalue weighted by atomic mass is 16.5. The summed E-state index contributed by atoms with van der Waals surface area (Å²) in [5.74, 6) is 0.462. The molecule has 0 bridgehead atoms. The first-order chi connectivity index (χ1) is 9.20. The Hall–Kier alpha value is -1.55. The number of carbonyl (C=O) groups is 1. The summed E-state index contributed by atoms with van der Waals surface area (Å²) in [6.45, 7) is 3.15. The number of carbonyl (C=O) groups excluding carboxylic acids is 1. The molecule has 1 aliphatic carbocycles. The minimum Gasteiger partial charge on any atom is -0.508 e. The van der Waals surface area contributed by atoms with Crippen LogP contribution in [0.1, 0.15) is 37.0 Å². The molecule has 1 aliphatic heterocycles. The summed E-state index contributed by atoms with van der Waals surface area (Å²) >= 11 is 0. The van der Waals surface area contributed by atoms with Crippen molar-refractivity contribution in [3.8, 4) is 5.75 Å². The molecule has 1 heterocycles. The van der Waals surface area contributed by atoms with E-state index in [9.17, 15) is 9.90 Å². The van der Waals surface area contributed by atoms with Gasteiger partial charge in [-0.25, -0.2) is 0 Å². The van der Waals surface area contributed by atoms with Crippen molar-refractivity contribution in [2.24, 2.45) is 0 Å². The second-order valence-corrected chi connectivity index (χ2v) is 5.22. The first kappa shape index (κ1) is 12.5. The third-order valence-corrected chi connectivity index (χ3v) is 4.15. The van der Waals surface area contributed by atoms with E-state index in [2.05, 4.69) is 0 Å². The molecule has 1 amide bonds. The SMILES string of the molecule is CC[11C](=O)N1CCO[C@@H]2c3cc(O)ccc3CC[C@H]21. The molecule has 1 N–H and O–H groups in total. The molecule has 2 aliphatic rings. The Morgan fingerprint density at radius 3 is 3.16 bits per heavy atom. The van der Waals surface area contributed by atoms with Crippen LogP contribution in [0.5, 0.6) is 5.75 Å². The summed E-state index contributed by atoms with van der Waals surface area (Å²) in [5.41, 5.74) is 2.27. The van der Waals surface area contributed by atoms with Gasteiger partial charge < -0.3 is 14.7 Å². The molecule has 0 radical (unpaired) electrons. The fraction of sp³-hybridized carbons (Fsp3) is 0.533. The zero-order chi connectivity index (χ0) is 13.4. The number of hydrogen-bond acceptors (Lipinski definition) is 3. The normalized spacial score (nSPS) is 25.6. The largest absolute Gasteiger partial charge is 0.508 e. The summed E-state index contributed by atoms with van der Waals surface area (Å²) in [4.78, 5) is 14.0. The molecular formula is C15H19NO3. The van der Waals surface area contributed by atoms with Crippen LogP contribution in [0.3, 0.4) is 0 Å². The number of phenols is 1. The quantitative estimate of drug-likeness (QED) is 0.840. The van der Waals surface area contributed by atoms with Gasteiger partial charge >= 0.3 is 0 Å². The number of phenolic OH excluding ortho intramolecular Hbond substituents is 1. The molecule has 0 saturated carbocycles. The Balaban J connectivity index is 1.94. The highest BCUT2D eigenvalue weighted by Crippen LogP contribution is 2.39. The summed E-state index contributed by atoms with van der Waals surface area (Å²) in [6, 6.07) is 5.59. The van der Waals surface area contributed by atoms with Gasteiger partial charge in [-0.05, 0) is 36.1 Å². The number of fused-ring (bicyclic) bond motifs is 3. The molecule has 0 aromatic heterocycles. The van der Waals surface area contributed by atoms with Gasteiger partial charge in [-0.2, -0.15) is 0 Å². The Bertz CT molecular complexity index is 500. The van der Waals surface area contributed by atoms with Crippen LogP contribution in [0.15, 0.2) is 18.2 Å². The van der Waals surface area contributed by atoms with Crippen molar-refractivity contribution in [3.05, 3.63) is 29.3 Å². The number of aromatic hydroxyl groups is 1. The first-order valence-electron chi connectivity index (χ1n) is 6.93. The van der Waals surface area contributed by atoms with E-state index in [1.54, 1.807) is 12.1 Å². The van der Waals surface area contributed by atoms with Gasteiger partial charge in [0.1, 0.15) is 11.9 Å². The predicted molar refractivity (Wildman–Crippen MR) is 70.9 cm³/mol. The molecule has 0 spiro atoms. The highest BCUT2D eigenvalue weighted by Gasteiger charge is 2.38. The molecule has 19 heavy (non-hydrogen) atoms.